The van der Waals surface area contributed by atoms with Crippen LogP contribution < -0.4 is 10.1 Å². The molecule has 2 aromatic carbocycles. The maximum atomic E-state index is 12.3. The highest BCUT2D eigenvalue weighted by Gasteiger charge is 2.14. The Morgan fingerprint density at radius 1 is 1.15 bits per heavy atom. The Kier molecular flexibility index (Phi) is 7.30. The van der Waals surface area contributed by atoms with E-state index in [9.17, 15) is 9.59 Å². The van der Waals surface area contributed by atoms with E-state index in [1.54, 1.807) is 29.2 Å². The van der Waals surface area contributed by atoms with E-state index >= 15 is 0 Å². The van der Waals surface area contributed by atoms with Gasteiger partial charge >= 0.3 is 0 Å². The van der Waals surface area contributed by atoms with Crippen LogP contribution in [0.1, 0.15) is 18.9 Å². The molecule has 2 amide bonds. The zero-order chi connectivity index (χ0) is 19.1. The van der Waals surface area contributed by atoms with Gasteiger partial charge < -0.3 is 15.0 Å². The van der Waals surface area contributed by atoms with Crippen molar-refractivity contribution >= 4 is 40.7 Å². The molecule has 0 aliphatic carbocycles. The Hall–Kier alpha value is -2.24. The fourth-order valence-corrected chi connectivity index (χ4v) is 2.77. The molecule has 0 saturated heterocycles. The van der Waals surface area contributed by atoms with Gasteiger partial charge in [0.05, 0.1) is 12.8 Å². The molecule has 5 nitrogen and oxygen atoms in total. The number of amides is 2. The summed E-state index contributed by atoms with van der Waals surface area (Å²) in [7, 11) is 1.51. The van der Waals surface area contributed by atoms with Gasteiger partial charge in [-0.1, -0.05) is 41.4 Å². The summed E-state index contributed by atoms with van der Waals surface area (Å²) < 4.78 is 5.20. The number of methoxy groups -OCH3 is 1. The minimum Gasteiger partial charge on any atom is -0.495 e. The van der Waals surface area contributed by atoms with Gasteiger partial charge in [-0.05, 0) is 29.8 Å². The van der Waals surface area contributed by atoms with E-state index in [0.29, 0.717) is 28.0 Å². The van der Waals surface area contributed by atoms with Gasteiger partial charge in [-0.15, -0.1) is 0 Å². The van der Waals surface area contributed by atoms with Crippen LogP contribution in [-0.2, 0) is 16.1 Å². The molecule has 0 spiro atoms. The number of benzene rings is 2. The van der Waals surface area contributed by atoms with Crippen molar-refractivity contribution in [3.05, 3.63) is 58.1 Å². The minimum absolute atomic E-state index is 0.127. The summed E-state index contributed by atoms with van der Waals surface area (Å²) in [4.78, 5) is 25.7. The summed E-state index contributed by atoms with van der Waals surface area (Å²) >= 11 is 12.1. The number of halogens is 2. The van der Waals surface area contributed by atoms with Gasteiger partial charge in [-0.25, -0.2) is 0 Å². The predicted octanol–water partition coefficient (Wildman–Crippen LogP) is 4.38. The smallest absolute Gasteiger partial charge is 0.226 e. The minimum atomic E-state index is -0.240. The lowest BCUT2D eigenvalue weighted by molar-refractivity contribution is -0.129. The van der Waals surface area contributed by atoms with Gasteiger partial charge in [-0.2, -0.15) is 0 Å². The van der Waals surface area contributed by atoms with E-state index in [-0.39, 0.29) is 24.8 Å². The lowest BCUT2D eigenvalue weighted by atomic mass is 10.2. The van der Waals surface area contributed by atoms with Crippen LogP contribution in [0.4, 0.5) is 5.69 Å². The molecule has 0 radical (unpaired) electrons. The van der Waals surface area contributed by atoms with Gasteiger partial charge in [0.1, 0.15) is 5.75 Å². The molecule has 0 fully saturated rings. The number of nitrogens with one attached hydrogen (secondary N) is 1. The van der Waals surface area contributed by atoms with E-state index in [4.69, 9.17) is 27.9 Å². The topological polar surface area (TPSA) is 58.6 Å². The Labute approximate surface area is 162 Å². The molecule has 138 valence electrons. The first-order chi connectivity index (χ1) is 12.4. The van der Waals surface area contributed by atoms with Crippen molar-refractivity contribution in [3.8, 4) is 5.75 Å². The lowest BCUT2D eigenvalue weighted by Gasteiger charge is -2.21. The maximum absolute atomic E-state index is 12.3. The molecular formula is C19H20Cl2N2O3. The molecule has 0 aliphatic heterocycles. The second-order valence-electron chi connectivity index (χ2n) is 5.67. The Bertz CT molecular complexity index is 796. The molecule has 0 atom stereocenters. The van der Waals surface area contributed by atoms with Crippen LogP contribution in [0.3, 0.4) is 0 Å². The number of ether oxygens (including phenoxy) is 1. The van der Waals surface area contributed by atoms with Gasteiger partial charge in [0.2, 0.25) is 11.8 Å². The van der Waals surface area contributed by atoms with Gasteiger partial charge in [0.25, 0.3) is 0 Å². The highest BCUT2D eigenvalue weighted by atomic mass is 35.5. The van der Waals surface area contributed by atoms with E-state index < -0.39 is 0 Å². The van der Waals surface area contributed by atoms with Crippen molar-refractivity contribution in [2.45, 2.75) is 19.9 Å². The van der Waals surface area contributed by atoms with Crippen LogP contribution in [0.2, 0.25) is 10.0 Å². The van der Waals surface area contributed by atoms with Crippen LogP contribution in [-0.4, -0.2) is 30.4 Å². The number of hydrogen-bond donors (Lipinski definition) is 1. The van der Waals surface area contributed by atoms with Crippen LogP contribution in [0, 0.1) is 0 Å². The molecule has 2 rings (SSSR count). The molecule has 0 bridgehead atoms. The third kappa shape index (κ3) is 5.64. The molecule has 0 aliphatic rings. The van der Waals surface area contributed by atoms with Crippen LogP contribution in [0.15, 0.2) is 42.5 Å². The SMILES string of the molecule is COc1ccc(Cl)cc1NC(=O)CCN(Cc1ccccc1Cl)C(C)=O. The number of anilines is 1. The number of nitrogens with zero attached hydrogens (tertiary/aromatic N) is 1. The van der Waals surface area contributed by atoms with Crippen molar-refractivity contribution in [1.29, 1.82) is 0 Å². The number of hydrogen-bond acceptors (Lipinski definition) is 3. The summed E-state index contributed by atoms with van der Waals surface area (Å²) in [6.45, 7) is 2.09. The summed E-state index contributed by atoms with van der Waals surface area (Å²) in [6, 6.07) is 12.3. The molecule has 0 saturated carbocycles. The Balaban J connectivity index is 1.98. The normalized spacial score (nSPS) is 10.3. The monoisotopic (exact) mass is 394 g/mol. The highest BCUT2D eigenvalue weighted by molar-refractivity contribution is 6.31. The number of carbonyl (C=O) groups excluding carboxylic acids is 2. The van der Waals surface area contributed by atoms with Gasteiger partial charge in [0.15, 0.2) is 0 Å². The van der Waals surface area contributed by atoms with Gasteiger partial charge in [-0.3, -0.25) is 9.59 Å². The van der Waals surface area contributed by atoms with Crippen molar-refractivity contribution in [2.24, 2.45) is 0 Å². The van der Waals surface area contributed by atoms with E-state index in [2.05, 4.69) is 5.32 Å². The van der Waals surface area contributed by atoms with Crippen molar-refractivity contribution < 1.29 is 14.3 Å². The lowest BCUT2D eigenvalue weighted by Crippen LogP contribution is -2.31. The van der Waals surface area contributed by atoms with E-state index in [1.165, 1.54) is 14.0 Å². The third-order valence-electron chi connectivity index (χ3n) is 3.81. The van der Waals surface area contributed by atoms with E-state index in [1.807, 2.05) is 18.2 Å². The Morgan fingerprint density at radius 3 is 2.54 bits per heavy atom. The zero-order valence-corrected chi connectivity index (χ0v) is 16.1. The largest absolute Gasteiger partial charge is 0.495 e. The first kappa shape index (κ1) is 20.1. The molecule has 0 unspecified atom stereocenters. The van der Waals surface area contributed by atoms with Crippen molar-refractivity contribution in [1.82, 2.24) is 4.90 Å². The maximum Gasteiger partial charge on any atom is 0.226 e. The fourth-order valence-electron chi connectivity index (χ4n) is 2.41. The third-order valence-corrected chi connectivity index (χ3v) is 4.41. The second kappa shape index (κ2) is 9.46. The quantitative estimate of drug-likeness (QED) is 0.757. The summed E-state index contributed by atoms with van der Waals surface area (Å²) in [5.74, 6) is 0.149. The molecule has 0 aromatic heterocycles. The van der Waals surface area contributed by atoms with E-state index in [0.717, 1.165) is 5.56 Å². The second-order valence-corrected chi connectivity index (χ2v) is 6.52. The summed E-state index contributed by atoms with van der Waals surface area (Å²) in [5, 5.41) is 3.84. The first-order valence-corrected chi connectivity index (χ1v) is 8.78. The van der Waals surface area contributed by atoms with Crippen molar-refractivity contribution in [3.63, 3.8) is 0 Å². The fraction of sp³-hybridized carbons (Fsp3) is 0.263. The predicted molar refractivity (Wildman–Crippen MR) is 104 cm³/mol. The molecule has 1 N–H and O–H groups in total. The van der Waals surface area contributed by atoms with Crippen LogP contribution in [0.25, 0.3) is 0 Å². The van der Waals surface area contributed by atoms with Crippen molar-refractivity contribution in [2.75, 3.05) is 19.0 Å². The van der Waals surface area contributed by atoms with Crippen LogP contribution in [0.5, 0.6) is 5.75 Å². The average molecular weight is 395 g/mol. The molecule has 26 heavy (non-hydrogen) atoms. The molecule has 7 heteroatoms. The Morgan fingerprint density at radius 2 is 1.88 bits per heavy atom. The molecular weight excluding hydrogens is 375 g/mol. The van der Waals surface area contributed by atoms with Gasteiger partial charge in [0, 0.05) is 36.5 Å². The first-order valence-electron chi connectivity index (χ1n) is 8.03. The standard InChI is InChI=1S/C19H20Cl2N2O3/c1-13(24)23(12-14-5-3-4-6-16(14)21)10-9-19(25)22-17-11-15(20)7-8-18(17)26-2/h3-8,11H,9-10,12H2,1-2H3,(H,22,25). The average Bonchev–Trinajstić information content (AvgIpc) is 2.60. The summed E-state index contributed by atoms with van der Waals surface area (Å²) in [5.41, 5.74) is 1.33. The number of carbonyl (C=O) groups is 2. The van der Waals surface area contributed by atoms with Crippen LogP contribution >= 0.6 is 23.2 Å². The molecule has 2 aromatic rings. The molecule has 0 heterocycles. The highest BCUT2D eigenvalue weighted by Crippen LogP contribution is 2.27. The number of rotatable bonds is 7. The summed E-state index contributed by atoms with van der Waals surface area (Å²) in [6.07, 6.45) is 0.139. The zero-order valence-electron chi connectivity index (χ0n) is 14.6.